The van der Waals surface area contributed by atoms with Crippen LogP contribution in [0.4, 0.5) is 39.5 Å². The first-order valence-electron chi connectivity index (χ1n) is 6.01. The Labute approximate surface area is 165 Å². The highest BCUT2D eigenvalue weighted by molar-refractivity contribution is 6.67. The molecule has 0 N–H and O–H groups in total. The zero-order chi connectivity index (χ0) is 20.9. The third-order valence-corrected chi connectivity index (χ3v) is 4.04. The molecule has 14 heteroatoms. The van der Waals surface area contributed by atoms with Crippen LogP contribution in [0.5, 0.6) is 0 Å². The highest BCUT2D eigenvalue weighted by Gasteiger charge is 2.82. The molecule has 0 fully saturated rings. The molecule has 0 bridgehead atoms. The van der Waals surface area contributed by atoms with E-state index in [4.69, 9.17) is 58.0 Å². The minimum Gasteiger partial charge on any atom is -0.221 e. The summed E-state index contributed by atoms with van der Waals surface area (Å²) in [5, 5.41) is -1.75. The number of rotatable bonds is 3. The van der Waals surface area contributed by atoms with Crippen LogP contribution in [0.2, 0.25) is 10.0 Å². The first-order valence-corrected chi connectivity index (χ1v) is 7.90. The molecule has 150 valence electrons. The van der Waals surface area contributed by atoms with Gasteiger partial charge in [-0.25, -0.2) is 4.39 Å². The zero-order valence-corrected chi connectivity index (χ0v) is 15.4. The van der Waals surface area contributed by atoms with Crippen molar-refractivity contribution in [3.05, 3.63) is 33.3 Å². The van der Waals surface area contributed by atoms with Crippen molar-refractivity contribution in [2.24, 2.45) is 0 Å². The van der Waals surface area contributed by atoms with Crippen LogP contribution in [0.1, 0.15) is 11.1 Å². The van der Waals surface area contributed by atoms with Crippen LogP contribution < -0.4 is 0 Å². The number of alkyl halides is 12. The fourth-order valence-electron chi connectivity index (χ4n) is 1.99. The number of halogens is 14. The Balaban J connectivity index is 3.97. The maximum atomic E-state index is 14.7. The van der Waals surface area contributed by atoms with E-state index in [0.717, 1.165) is 0 Å². The van der Waals surface area contributed by atoms with Gasteiger partial charge in [-0.3, -0.25) is 0 Å². The molecule has 1 rings (SSSR count). The van der Waals surface area contributed by atoms with E-state index in [2.05, 4.69) is 0 Å². The van der Waals surface area contributed by atoms with Gasteiger partial charge in [-0.1, -0.05) is 58.0 Å². The largest absolute Gasteiger partial charge is 0.457 e. The highest BCUT2D eigenvalue weighted by atomic mass is 35.6. The van der Waals surface area contributed by atoms with Gasteiger partial charge < -0.3 is 0 Å². The summed E-state index contributed by atoms with van der Waals surface area (Å²) in [6, 6.07) is 0.590. The first kappa shape index (κ1) is 24.1. The Hall–Kier alpha value is 0.0400. The van der Waals surface area contributed by atoms with E-state index in [9.17, 15) is 39.5 Å². The maximum absolute atomic E-state index is 14.7. The number of hydrogen-bond donors (Lipinski definition) is 0. The van der Waals surface area contributed by atoms with E-state index in [1.54, 1.807) is 0 Å². The third-order valence-electron chi connectivity index (χ3n) is 3.09. The normalized spacial score (nSPS) is 16.5. The topological polar surface area (TPSA) is 0 Å². The fourth-order valence-corrected chi connectivity index (χ4v) is 2.95. The van der Waals surface area contributed by atoms with Crippen molar-refractivity contribution >= 4 is 58.0 Å². The van der Waals surface area contributed by atoms with Gasteiger partial charge in [0.15, 0.2) is 3.79 Å². The lowest BCUT2D eigenvalue weighted by molar-refractivity contribution is -0.389. The minimum absolute atomic E-state index is 0.0771. The summed E-state index contributed by atoms with van der Waals surface area (Å²) in [4.78, 5) is 0. The van der Waals surface area contributed by atoms with Crippen molar-refractivity contribution in [3.8, 4) is 0 Å². The number of hydrogen-bond acceptors (Lipinski definition) is 0. The molecule has 0 saturated heterocycles. The summed E-state index contributed by atoms with van der Waals surface area (Å²) in [5.74, 6) is -6.91. The molecule has 0 heterocycles. The predicted octanol–water partition coefficient (Wildman–Crippen LogP) is 7.83. The van der Waals surface area contributed by atoms with Crippen molar-refractivity contribution in [2.45, 2.75) is 34.2 Å². The van der Waals surface area contributed by atoms with Crippen molar-refractivity contribution in [1.29, 1.82) is 0 Å². The minimum atomic E-state index is -6.91. The van der Waals surface area contributed by atoms with E-state index >= 15 is 0 Å². The van der Waals surface area contributed by atoms with Gasteiger partial charge in [-0.05, 0) is 17.7 Å². The molecule has 26 heavy (non-hydrogen) atoms. The van der Waals surface area contributed by atoms with Gasteiger partial charge in [0.05, 0.1) is 0 Å². The molecule has 0 aliphatic carbocycles. The monoisotopic (exact) mass is 494 g/mol. The molecule has 0 saturated carbocycles. The fraction of sp³-hybridized carbons (Fsp3) is 0.500. The highest BCUT2D eigenvalue weighted by Crippen LogP contribution is 2.59. The standard InChI is InChI=1S/C12H4Cl5F9/c13-4-1-6(5(7(14)2-4)3-8(15,16)17)9(18,11(21,22)23)10(19,20)12(24,25)26/h1-2H,3H2. The second kappa shape index (κ2) is 7.13. The Bertz CT molecular complexity index is 677. The average molecular weight is 496 g/mol. The predicted molar refractivity (Wildman–Crippen MR) is 80.3 cm³/mol. The molecule has 0 radical (unpaired) electrons. The lowest BCUT2D eigenvalue weighted by Crippen LogP contribution is -2.60. The molecular formula is C12H4Cl5F9. The maximum Gasteiger partial charge on any atom is 0.457 e. The summed E-state index contributed by atoms with van der Waals surface area (Å²) < 4.78 is 117. The molecule has 1 aromatic carbocycles. The van der Waals surface area contributed by atoms with E-state index in [-0.39, 0.29) is 6.07 Å². The Kier molecular flexibility index (Phi) is 6.61. The van der Waals surface area contributed by atoms with Crippen LogP contribution in [-0.2, 0) is 12.1 Å². The summed E-state index contributed by atoms with van der Waals surface area (Å²) >= 11 is 26.9. The van der Waals surface area contributed by atoms with Gasteiger partial charge in [0.25, 0.3) is 0 Å². The molecule has 1 unspecified atom stereocenters. The van der Waals surface area contributed by atoms with E-state index in [1.165, 1.54) is 0 Å². The second-order valence-corrected chi connectivity index (χ2v) is 8.29. The molecule has 0 aliphatic rings. The molecule has 0 nitrogen and oxygen atoms in total. The Morgan fingerprint density at radius 2 is 1.19 bits per heavy atom. The van der Waals surface area contributed by atoms with Crippen LogP contribution in [-0.4, -0.2) is 22.1 Å². The molecule has 0 aliphatic heterocycles. The Morgan fingerprint density at radius 3 is 1.54 bits per heavy atom. The van der Waals surface area contributed by atoms with Crippen LogP contribution in [0.25, 0.3) is 0 Å². The van der Waals surface area contributed by atoms with E-state index in [0.29, 0.717) is 6.07 Å². The van der Waals surface area contributed by atoms with Crippen molar-refractivity contribution < 1.29 is 39.5 Å². The number of benzene rings is 1. The smallest absolute Gasteiger partial charge is 0.221 e. The summed E-state index contributed by atoms with van der Waals surface area (Å²) in [6.45, 7) is 0. The second-order valence-electron chi connectivity index (χ2n) is 4.93. The van der Waals surface area contributed by atoms with Gasteiger partial charge in [0.2, 0.25) is 0 Å². The SMILES string of the molecule is FC(F)(F)C(F)(F)C(F)(c1cc(Cl)cc(Cl)c1CC(Cl)(Cl)Cl)C(F)(F)F. The lowest BCUT2D eigenvalue weighted by atomic mass is 9.84. The van der Waals surface area contributed by atoms with Crippen LogP contribution in [0.15, 0.2) is 12.1 Å². The zero-order valence-electron chi connectivity index (χ0n) is 11.7. The van der Waals surface area contributed by atoms with Gasteiger partial charge in [-0.2, -0.15) is 35.1 Å². The summed E-state index contributed by atoms with van der Waals surface area (Å²) in [6.07, 6.45) is -14.9. The molecule has 0 spiro atoms. The van der Waals surface area contributed by atoms with Crippen molar-refractivity contribution in [3.63, 3.8) is 0 Å². The van der Waals surface area contributed by atoms with Crippen LogP contribution in [0, 0.1) is 0 Å². The van der Waals surface area contributed by atoms with Crippen LogP contribution >= 0.6 is 58.0 Å². The molecule has 0 aromatic heterocycles. The summed E-state index contributed by atoms with van der Waals surface area (Å²) in [7, 11) is 0. The van der Waals surface area contributed by atoms with Gasteiger partial charge >= 0.3 is 23.9 Å². The van der Waals surface area contributed by atoms with E-state index in [1.807, 2.05) is 0 Å². The Morgan fingerprint density at radius 1 is 0.731 bits per heavy atom. The first-order chi connectivity index (χ1) is 11.3. The molecule has 1 atom stereocenters. The summed E-state index contributed by atoms with van der Waals surface area (Å²) in [5.41, 5.74) is -9.69. The molecule has 0 amide bonds. The third kappa shape index (κ3) is 4.37. The average Bonchev–Trinajstić information content (AvgIpc) is 2.36. The van der Waals surface area contributed by atoms with Crippen molar-refractivity contribution in [1.82, 2.24) is 0 Å². The van der Waals surface area contributed by atoms with Crippen LogP contribution in [0.3, 0.4) is 0 Å². The van der Waals surface area contributed by atoms with Crippen molar-refractivity contribution in [2.75, 3.05) is 0 Å². The van der Waals surface area contributed by atoms with Gasteiger partial charge in [-0.15, -0.1) is 0 Å². The molecule has 1 aromatic rings. The van der Waals surface area contributed by atoms with Gasteiger partial charge in [0, 0.05) is 22.0 Å². The quantitative estimate of drug-likeness (QED) is 0.296. The molecular weight excluding hydrogens is 492 g/mol. The van der Waals surface area contributed by atoms with E-state index < -0.39 is 55.3 Å². The van der Waals surface area contributed by atoms with Gasteiger partial charge in [0.1, 0.15) is 0 Å². The lowest BCUT2D eigenvalue weighted by Gasteiger charge is -2.37.